The molecule has 0 rings (SSSR count). The SMILES string of the molecule is C=C(C#N)C(=O)OC(C)C(=O)OCCCC. The van der Waals surface area contributed by atoms with Crippen molar-refractivity contribution in [1.29, 1.82) is 5.26 Å². The molecule has 0 spiro atoms. The lowest BCUT2D eigenvalue weighted by atomic mass is 10.3. The van der Waals surface area contributed by atoms with Gasteiger partial charge in [0.2, 0.25) is 0 Å². The van der Waals surface area contributed by atoms with Gasteiger partial charge in [-0.15, -0.1) is 0 Å². The van der Waals surface area contributed by atoms with Gasteiger partial charge in [-0.2, -0.15) is 5.26 Å². The van der Waals surface area contributed by atoms with E-state index in [0.29, 0.717) is 6.61 Å². The van der Waals surface area contributed by atoms with Crippen LogP contribution in [-0.4, -0.2) is 24.6 Å². The molecule has 0 radical (unpaired) electrons. The number of nitriles is 1. The molecule has 0 bridgehead atoms. The number of rotatable bonds is 6. The average Bonchev–Trinajstić information content (AvgIpc) is 2.27. The highest BCUT2D eigenvalue weighted by molar-refractivity contribution is 5.93. The number of carbonyl (C=O) groups is 2. The Balaban J connectivity index is 4.01. The summed E-state index contributed by atoms with van der Waals surface area (Å²) in [7, 11) is 0. The topological polar surface area (TPSA) is 76.4 Å². The maximum Gasteiger partial charge on any atom is 0.349 e. The van der Waals surface area contributed by atoms with E-state index in [1.165, 1.54) is 6.92 Å². The van der Waals surface area contributed by atoms with E-state index < -0.39 is 18.0 Å². The lowest BCUT2D eigenvalue weighted by molar-refractivity contribution is -0.164. The van der Waals surface area contributed by atoms with Crippen LogP contribution in [0.15, 0.2) is 12.2 Å². The van der Waals surface area contributed by atoms with Crippen molar-refractivity contribution in [3.05, 3.63) is 12.2 Å². The van der Waals surface area contributed by atoms with E-state index in [1.807, 2.05) is 6.92 Å². The quantitative estimate of drug-likeness (QED) is 0.295. The van der Waals surface area contributed by atoms with Gasteiger partial charge in [0.1, 0.15) is 11.6 Å². The van der Waals surface area contributed by atoms with E-state index in [-0.39, 0.29) is 5.57 Å². The highest BCUT2D eigenvalue weighted by Gasteiger charge is 2.20. The van der Waals surface area contributed by atoms with Crippen LogP contribution in [0.5, 0.6) is 0 Å². The molecule has 0 aromatic carbocycles. The smallest absolute Gasteiger partial charge is 0.349 e. The first-order valence-electron chi connectivity index (χ1n) is 4.99. The third-order valence-corrected chi connectivity index (χ3v) is 1.74. The normalized spacial score (nSPS) is 11.1. The summed E-state index contributed by atoms with van der Waals surface area (Å²) in [5.74, 6) is -1.52. The number of carbonyl (C=O) groups excluding carboxylic acids is 2. The Hall–Kier alpha value is -1.83. The van der Waals surface area contributed by atoms with Crippen LogP contribution in [0.25, 0.3) is 0 Å². The van der Waals surface area contributed by atoms with Crippen LogP contribution < -0.4 is 0 Å². The summed E-state index contributed by atoms with van der Waals surface area (Å²) >= 11 is 0. The maximum atomic E-state index is 11.3. The highest BCUT2D eigenvalue weighted by atomic mass is 16.6. The summed E-state index contributed by atoms with van der Waals surface area (Å²) in [4.78, 5) is 22.3. The van der Waals surface area contributed by atoms with Crippen molar-refractivity contribution in [3.63, 3.8) is 0 Å². The van der Waals surface area contributed by atoms with E-state index in [0.717, 1.165) is 12.8 Å². The zero-order chi connectivity index (χ0) is 12.6. The van der Waals surface area contributed by atoms with Crippen molar-refractivity contribution in [1.82, 2.24) is 0 Å². The maximum absolute atomic E-state index is 11.3. The Bertz CT molecular complexity index is 316. The molecule has 88 valence electrons. The molecule has 0 aliphatic heterocycles. The first kappa shape index (κ1) is 14.2. The van der Waals surface area contributed by atoms with Crippen LogP contribution in [0.3, 0.4) is 0 Å². The van der Waals surface area contributed by atoms with Gasteiger partial charge < -0.3 is 9.47 Å². The fraction of sp³-hybridized carbons (Fsp3) is 0.545. The van der Waals surface area contributed by atoms with E-state index in [2.05, 4.69) is 11.3 Å². The number of nitrogens with zero attached hydrogens (tertiary/aromatic N) is 1. The molecule has 0 aliphatic carbocycles. The monoisotopic (exact) mass is 225 g/mol. The second-order valence-electron chi connectivity index (χ2n) is 3.16. The minimum absolute atomic E-state index is 0.302. The minimum Gasteiger partial charge on any atom is -0.463 e. The number of hydrogen-bond acceptors (Lipinski definition) is 5. The van der Waals surface area contributed by atoms with Gasteiger partial charge in [0.15, 0.2) is 6.10 Å². The lowest BCUT2D eigenvalue weighted by Crippen LogP contribution is -2.26. The first-order chi connectivity index (χ1) is 7.52. The van der Waals surface area contributed by atoms with Gasteiger partial charge in [-0.25, -0.2) is 9.59 Å². The van der Waals surface area contributed by atoms with Crippen molar-refractivity contribution >= 4 is 11.9 Å². The molecule has 0 aromatic rings. The van der Waals surface area contributed by atoms with Crippen LogP contribution >= 0.6 is 0 Å². The van der Waals surface area contributed by atoms with Gasteiger partial charge in [0.25, 0.3) is 0 Å². The van der Waals surface area contributed by atoms with E-state index in [4.69, 9.17) is 10.00 Å². The summed E-state index contributed by atoms with van der Waals surface area (Å²) in [5, 5.41) is 8.36. The molecule has 0 fully saturated rings. The predicted octanol–water partition coefficient (Wildman–Crippen LogP) is 1.34. The van der Waals surface area contributed by atoms with Crippen molar-refractivity contribution < 1.29 is 19.1 Å². The lowest BCUT2D eigenvalue weighted by Gasteiger charge is -2.11. The molecule has 1 unspecified atom stereocenters. The second-order valence-corrected chi connectivity index (χ2v) is 3.16. The summed E-state index contributed by atoms with van der Waals surface area (Å²) in [5.41, 5.74) is -0.340. The fourth-order valence-electron chi connectivity index (χ4n) is 0.760. The van der Waals surface area contributed by atoms with Gasteiger partial charge in [0.05, 0.1) is 6.61 Å². The third kappa shape index (κ3) is 5.15. The molecule has 0 heterocycles. The standard InChI is InChI=1S/C11H15NO4/c1-4-5-6-15-11(14)9(3)16-10(13)8(2)7-12/h9H,2,4-6H2,1,3H3. The molecule has 0 N–H and O–H groups in total. The molecule has 0 aromatic heterocycles. The Morgan fingerprint density at radius 1 is 1.50 bits per heavy atom. The van der Waals surface area contributed by atoms with Gasteiger partial charge in [-0.05, 0) is 13.3 Å². The molecule has 0 saturated carbocycles. The van der Waals surface area contributed by atoms with Crippen LogP contribution in [-0.2, 0) is 19.1 Å². The van der Waals surface area contributed by atoms with Crippen molar-refractivity contribution in [2.24, 2.45) is 0 Å². The van der Waals surface area contributed by atoms with E-state index in [9.17, 15) is 9.59 Å². The molecule has 0 saturated heterocycles. The van der Waals surface area contributed by atoms with Crippen molar-refractivity contribution in [3.8, 4) is 6.07 Å². The molecule has 16 heavy (non-hydrogen) atoms. The highest BCUT2D eigenvalue weighted by Crippen LogP contribution is 2.01. The number of hydrogen-bond donors (Lipinski definition) is 0. The fourth-order valence-corrected chi connectivity index (χ4v) is 0.760. The van der Waals surface area contributed by atoms with Crippen molar-refractivity contribution in [2.45, 2.75) is 32.8 Å². The molecule has 0 amide bonds. The third-order valence-electron chi connectivity index (χ3n) is 1.74. The second kappa shape index (κ2) is 7.46. The van der Waals surface area contributed by atoms with Crippen LogP contribution in [0.4, 0.5) is 0 Å². The van der Waals surface area contributed by atoms with Gasteiger partial charge >= 0.3 is 11.9 Å². The first-order valence-corrected chi connectivity index (χ1v) is 4.99. The molecule has 5 heteroatoms. The van der Waals surface area contributed by atoms with Gasteiger partial charge in [0, 0.05) is 0 Å². The minimum atomic E-state index is -1.02. The summed E-state index contributed by atoms with van der Waals surface area (Å²) in [6.45, 7) is 6.83. The average molecular weight is 225 g/mol. The molecule has 0 aliphatic rings. The van der Waals surface area contributed by atoms with Crippen molar-refractivity contribution in [2.75, 3.05) is 6.61 Å². The molecule has 1 atom stereocenters. The predicted molar refractivity (Wildman–Crippen MR) is 56.2 cm³/mol. The summed E-state index contributed by atoms with van der Waals surface area (Å²) in [6, 6.07) is 1.54. The zero-order valence-corrected chi connectivity index (χ0v) is 9.49. The van der Waals surface area contributed by atoms with Crippen LogP contribution in [0.1, 0.15) is 26.7 Å². The van der Waals surface area contributed by atoms with Crippen LogP contribution in [0, 0.1) is 11.3 Å². The number of esters is 2. The van der Waals surface area contributed by atoms with Gasteiger partial charge in [-0.3, -0.25) is 0 Å². The largest absolute Gasteiger partial charge is 0.463 e. The molecular weight excluding hydrogens is 210 g/mol. The Morgan fingerprint density at radius 2 is 2.12 bits per heavy atom. The molecule has 5 nitrogen and oxygen atoms in total. The summed E-state index contributed by atoms with van der Waals surface area (Å²) < 4.78 is 9.49. The Kier molecular flexibility index (Phi) is 6.61. The molecular formula is C11H15NO4. The van der Waals surface area contributed by atoms with Gasteiger partial charge in [-0.1, -0.05) is 19.9 Å². The summed E-state index contributed by atoms with van der Waals surface area (Å²) in [6.07, 6.45) is 0.652. The Labute approximate surface area is 94.6 Å². The van der Waals surface area contributed by atoms with E-state index in [1.54, 1.807) is 6.07 Å². The number of unbranched alkanes of at least 4 members (excludes halogenated alkanes) is 1. The van der Waals surface area contributed by atoms with Crippen LogP contribution in [0.2, 0.25) is 0 Å². The Morgan fingerprint density at radius 3 is 2.62 bits per heavy atom. The van der Waals surface area contributed by atoms with E-state index >= 15 is 0 Å². The zero-order valence-electron chi connectivity index (χ0n) is 9.49. The number of ether oxygens (including phenoxy) is 2.